The molecule has 2 aliphatic carbocycles. The maximum Gasteiger partial charge on any atom is 0.408 e. The zero-order valence-corrected chi connectivity index (χ0v) is 15.6. The average Bonchev–Trinajstić information content (AvgIpc) is 3.20. The quantitative estimate of drug-likeness (QED) is 0.684. The number of esters is 1. The lowest BCUT2D eigenvalue weighted by Gasteiger charge is -2.33. The van der Waals surface area contributed by atoms with Gasteiger partial charge in [0.25, 0.3) is 5.91 Å². The van der Waals surface area contributed by atoms with E-state index in [0.29, 0.717) is 12.3 Å². The molecule has 2 amide bonds. The van der Waals surface area contributed by atoms with E-state index < -0.39 is 29.8 Å². The highest BCUT2D eigenvalue weighted by molar-refractivity contribution is 5.85. The van der Waals surface area contributed by atoms with E-state index in [1.807, 2.05) is 0 Å². The molecule has 0 bridgehead atoms. The van der Waals surface area contributed by atoms with Gasteiger partial charge in [-0.05, 0) is 46.0 Å². The SMILES string of the molecule is CC(=O)O[C@H](C(=O)NC1CC1)[C@H](CC1CCC1)NC(=O)OC(C)(C)C. The van der Waals surface area contributed by atoms with Gasteiger partial charge < -0.3 is 20.1 Å². The maximum atomic E-state index is 12.5. The van der Waals surface area contributed by atoms with Gasteiger partial charge in [-0.25, -0.2) is 4.79 Å². The van der Waals surface area contributed by atoms with Crippen molar-refractivity contribution in [1.29, 1.82) is 0 Å². The molecule has 2 N–H and O–H groups in total. The summed E-state index contributed by atoms with van der Waals surface area (Å²) in [6, 6.07) is -0.445. The molecule has 0 aromatic heterocycles. The predicted octanol–water partition coefficient (Wildman–Crippen LogP) is 2.28. The number of hydrogen-bond donors (Lipinski definition) is 2. The van der Waals surface area contributed by atoms with Gasteiger partial charge in [0.2, 0.25) is 0 Å². The number of alkyl carbamates (subject to hydrolysis) is 1. The first kappa shape index (κ1) is 19.5. The van der Waals surface area contributed by atoms with Crippen molar-refractivity contribution in [3.63, 3.8) is 0 Å². The minimum atomic E-state index is -1.04. The van der Waals surface area contributed by atoms with Crippen molar-refractivity contribution in [3.8, 4) is 0 Å². The van der Waals surface area contributed by atoms with Gasteiger partial charge in [-0.15, -0.1) is 0 Å². The van der Waals surface area contributed by atoms with Gasteiger partial charge in [-0.2, -0.15) is 0 Å². The second-order valence-electron chi connectivity index (χ2n) is 8.10. The Morgan fingerprint density at radius 1 is 1.12 bits per heavy atom. The number of hydrogen-bond acceptors (Lipinski definition) is 5. The molecule has 142 valence electrons. The van der Waals surface area contributed by atoms with Gasteiger partial charge in [-0.1, -0.05) is 19.3 Å². The highest BCUT2D eigenvalue weighted by atomic mass is 16.6. The van der Waals surface area contributed by atoms with Crippen molar-refractivity contribution in [1.82, 2.24) is 10.6 Å². The Bertz CT molecular complexity index is 506. The zero-order valence-electron chi connectivity index (χ0n) is 15.6. The van der Waals surface area contributed by atoms with Gasteiger partial charge >= 0.3 is 12.1 Å². The van der Waals surface area contributed by atoms with Crippen molar-refractivity contribution >= 4 is 18.0 Å². The monoisotopic (exact) mass is 354 g/mol. The smallest absolute Gasteiger partial charge is 0.408 e. The van der Waals surface area contributed by atoms with Crippen LogP contribution in [-0.4, -0.2) is 41.8 Å². The van der Waals surface area contributed by atoms with Crippen molar-refractivity contribution in [2.45, 2.75) is 90.0 Å². The molecule has 7 heteroatoms. The zero-order chi connectivity index (χ0) is 18.6. The standard InChI is InChI=1S/C18H30N2O5/c1-11(21)24-15(16(22)19-13-8-9-13)14(10-12-6-5-7-12)20-17(23)25-18(2,3)4/h12-15H,5-10H2,1-4H3,(H,19,22)(H,20,23)/t14-,15-/m0/s1. The average molecular weight is 354 g/mol. The summed E-state index contributed by atoms with van der Waals surface area (Å²) < 4.78 is 10.6. The lowest BCUT2D eigenvalue weighted by atomic mass is 9.80. The highest BCUT2D eigenvalue weighted by Crippen LogP contribution is 2.32. The molecule has 0 unspecified atom stereocenters. The molecule has 0 aromatic rings. The van der Waals surface area contributed by atoms with Gasteiger partial charge in [0.1, 0.15) is 5.60 Å². The number of amides is 2. The Hall–Kier alpha value is -1.79. The number of nitrogens with one attached hydrogen (secondary N) is 2. The summed E-state index contributed by atoms with van der Waals surface area (Å²) in [5.74, 6) is -0.467. The van der Waals surface area contributed by atoms with Gasteiger partial charge in [0.15, 0.2) is 6.10 Å². The topological polar surface area (TPSA) is 93.7 Å². The molecule has 2 saturated carbocycles. The second-order valence-corrected chi connectivity index (χ2v) is 8.10. The largest absolute Gasteiger partial charge is 0.450 e. The summed E-state index contributed by atoms with van der Waals surface area (Å²) >= 11 is 0. The van der Waals surface area contributed by atoms with Crippen LogP contribution < -0.4 is 10.6 Å². The summed E-state index contributed by atoms with van der Waals surface area (Å²) in [7, 11) is 0. The summed E-state index contributed by atoms with van der Waals surface area (Å²) in [6.07, 6.45) is 4.09. The summed E-state index contributed by atoms with van der Waals surface area (Å²) in [5, 5.41) is 5.62. The van der Waals surface area contributed by atoms with E-state index >= 15 is 0 Å². The number of rotatable bonds is 7. The molecule has 0 spiro atoms. The lowest BCUT2D eigenvalue weighted by Crippen LogP contribution is -2.54. The van der Waals surface area contributed by atoms with E-state index in [-0.39, 0.29) is 11.9 Å². The second kappa shape index (κ2) is 8.06. The Kier molecular flexibility index (Phi) is 6.30. The van der Waals surface area contributed by atoms with Gasteiger partial charge in [0, 0.05) is 13.0 Å². The first-order chi connectivity index (χ1) is 11.6. The summed E-state index contributed by atoms with van der Waals surface area (Å²) in [6.45, 7) is 6.59. The number of carbonyl (C=O) groups excluding carboxylic acids is 3. The van der Waals surface area contributed by atoms with Crippen LogP contribution in [0.25, 0.3) is 0 Å². The van der Waals surface area contributed by atoms with Crippen molar-refractivity contribution in [3.05, 3.63) is 0 Å². The third-order valence-corrected chi connectivity index (χ3v) is 4.35. The molecule has 7 nitrogen and oxygen atoms in total. The van der Waals surface area contributed by atoms with Crippen LogP contribution in [0.4, 0.5) is 4.79 Å². The fourth-order valence-electron chi connectivity index (χ4n) is 2.81. The molecule has 2 atom stereocenters. The van der Waals surface area contributed by atoms with Crippen LogP contribution in [-0.2, 0) is 19.1 Å². The van der Waals surface area contributed by atoms with Crippen LogP contribution in [0.3, 0.4) is 0 Å². The van der Waals surface area contributed by atoms with Crippen molar-refractivity contribution in [2.24, 2.45) is 5.92 Å². The fraction of sp³-hybridized carbons (Fsp3) is 0.833. The summed E-state index contributed by atoms with van der Waals surface area (Å²) in [5.41, 5.74) is -0.641. The molecule has 0 heterocycles. The van der Waals surface area contributed by atoms with E-state index in [4.69, 9.17) is 9.47 Å². The van der Waals surface area contributed by atoms with Crippen LogP contribution in [0.15, 0.2) is 0 Å². The van der Waals surface area contributed by atoms with Crippen LogP contribution >= 0.6 is 0 Å². The number of ether oxygens (including phenoxy) is 2. The molecular weight excluding hydrogens is 324 g/mol. The first-order valence-electron chi connectivity index (χ1n) is 9.11. The third-order valence-electron chi connectivity index (χ3n) is 4.35. The molecule has 2 fully saturated rings. The van der Waals surface area contributed by atoms with Crippen molar-refractivity contribution < 1.29 is 23.9 Å². The first-order valence-corrected chi connectivity index (χ1v) is 9.11. The van der Waals surface area contributed by atoms with Crippen molar-refractivity contribution in [2.75, 3.05) is 0 Å². The van der Waals surface area contributed by atoms with E-state index in [9.17, 15) is 14.4 Å². The minimum Gasteiger partial charge on any atom is -0.450 e. The van der Waals surface area contributed by atoms with E-state index in [0.717, 1.165) is 32.1 Å². The fourth-order valence-corrected chi connectivity index (χ4v) is 2.81. The van der Waals surface area contributed by atoms with Gasteiger partial charge in [0.05, 0.1) is 6.04 Å². The molecule has 0 saturated heterocycles. The van der Waals surface area contributed by atoms with E-state index in [1.165, 1.54) is 6.92 Å². The predicted molar refractivity (Wildman–Crippen MR) is 91.8 cm³/mol. The lowest BCUT2D eigenvalue weighted by molar-refractivity contribution is -0.156. The Labute approximate surface area is 149 Å². The molecule has 2 aliphatic rings. The van der Waals surface area contributed by atoms with Gasteiger partial charge in [-0.3, -0.25) is 9.59 Å². The molecule has 0 aromatic carbocycles. The Morgan fingerprint density at radius 2 is 1.76 bits per heavy atom. The van der Waals surface area contributed by atoms with E-state index in [1.54, 1.807) is 20.8 Å². The molecule has 25 heavy (non-hydrogen) atoms. The number of carbonyl (C=O) groups is 3. The van der Waals surface area contributed by atoms with Crippen LogP contribution in [0.5, 0.6) is 0 Å². The summed E-state index contributed by atoms with van der Waals surface area (Å²) in [4.78, 5) is 36.2. The van der Waals surface area contributed by atoms with Crippen LogP contribution in [0.1, 0.15) is 66.2 Å². The molecule has 0 radical (unpaired) electrons. The molecule has 2 rings (SSSR count). The van der Waals surface area contributed by atoms with Crippen LogP contribution in [0.2, 0.25) is 0 Å². The Balaban J connectivity index is 2.07. The van der Waals surface area contributed by atoms with Crippen LogP contribution in [0, 0.1) is 5.92 Å². The molecular formula is C18H30N2O5. The maximum absolute atomic E-state index is 12.5. The normalized spacial score (nSPS) is 20.0. The highest BCUT2D eigenvalue weighted by Gasteiger charge is 2.38. The Morgan fingerprint density at radius 3 is 2.20 bits per heavy atom. The third kappa shape index (κ3) is 6.92. The minimum absolute atomic E-state index is 0.149. The van der Waals surface area contributed by atoms with E-state index in [2.05, 4.69) is 10.6 Å². The molecule has 0 aliphatic heterocycles.